The van der Waals surface area contributed by atoms with Crippen LogP contribution in [0, 0.1) is 0 Å². The Hall–Kier alpha value is -1.26. The molecule has 0 spiro atoms. The third-order valence-electron chi connectivity index (χ3n) is 3.45. The fourth-order valence-electron chi connectivity index (χ4n) is 2.26. The monoisotopic (exact) mass is 281 g/mol. The Morgan fingerprint density at radius 2 is 1.90 bits per heavy atom. The minimum absolute atomic E-state index is 0.411. The number of hydrogen-bond acceptors (Lipinski definition) is 4. The van der Waals surface area contributed by atoms with Crippen LogP contribution in [0.25, 0.3) is 0 Å². The molecule has 0 aliphatic rings. The molecule has 0 saturated carbocycles. The Morgan fingerprint density at radius 3 is 2.40 bits per heavy atom. The summed E-state index contributed by atoms with van der Waals surface area (Å²) in [7, 11) is 3.23. The van der Waals surface area contributed by atoms with Gasteiger partial charge in [0.05, 0.1) is 20.3 Å². The van der Waals surface area contributed by atoms with E-state index in [1.807, 2.05) is 12.1 Å². The van der Waals surface area contributed by atoms with E-state index in [1.54, 1.807) is 20.3 Å². The van der Waals surface area contributed by atoms with E-state index in [0.29, 0.717) is 18.3 Å². The number of aliphatic hydroxyl groups excluding tert-OH is 1. The number of ether oxygens (including phenoxy) is 2. The van der Waals surface area contributed by atoms with E-state index >= 15 is 0 Å². The van der Waals surface area contributed by atoms with E-state index in [1.165, 1.54) is 0 Å². The van der Waals surface area contributed by atoms with Gasteiger partial charge in [-0.05, 0) is 38.9 Å². The van der Waals surface area contributed by atoms with Crippen LogP contribution in [-0.4, -0.2) is 43.4 Å². The normalized spacial score (nSPS) is 12.8. The van der Waals surface area contributed by atoms with Gasteiger partial charge in [0.2, 0.25) is 0 Å². The molecule has 0 radical (unpaired) electrons. The second-order valence-corrected chi connectivity index (χ2v) is 5.21. The lowest BCUT2D eigenvalue weighted by Gasteiger charge is -2.29. The van der Waals surface area contributed by atoms with Crippen LogP contribution in [0.5, 0.6) is 11.5 Å². The summed E-state index contributed by atoms with van der Waals surface area (Å²) in [6, 6.07) is 5.93. The molecular weight excluding hydrogens is 254 g/mol. The molecule has 0 amide bonds. The molecule has 1 aromatic rings. The van der Waals surface area contributed by atoms with E-state index < -0.39 is 6.10 Å². The molecule has 1 atom stereocenters. The Kier molecular flexibility index (Phi) is 6.82. The average Bonchev–Trinajstić information content (AvgIpc) is 2.45. The van der Waals surface area contributed by atoms with Crippen molar-refractivity contribution >= 4 is 0 Å². The molecule has 0 aliphatic carbocycles. The minimum Gasteiger partial charge on any atom is -0.497 e. The van der Waals surface area contributed by atoms with Gasteiger partial charge in [0.1, 0.15) is 11.5 Å². The van der Waals surface area contributed by atoms with Crippen molar-refractivity contribution in [3.05, 3.63) is 23.8 Å². The summed E-state index contributed by atoms with van der Waals surface area (Å²) in [5, 5.41) is 10.5. The highest BCUT2D eigenvalue weighted by Crippen LogP contribution is 2.30. The molecule has 1 N–H and O–H groups in total. The maximum Gasteiger partial charge on any atom is 0.128 e. The van der Waals surface area contributed by atoms with Crippen molar-refractivity contribution in [2.45, 2.75) is 39.3 Å². The zero-order chi connectivity index (χ0) is 15.1. The molecule has 4 nitrogen and oxygen atoms in total. The van der Waals surface area contributed by atoms with Crippen molar-refractivity contribution in [3.8, 4) is 11.5 Å². The number of rotatable bonds is 8. The Balaban J connectivity index is 2.87. The zero-order valence-electron chi connectivity index (χ0n) is 13.2. The molecule has 0 fully saturated rings. The first-order chi connectivity index (χ1) is 9.53. The van der Waals surface area contributed by atoms with E-state index in [2.05, 4.69) is 25.7 Å². The maximum absolute atomic E-state index is 10.5. The smallest absolute Gasteiger partial charge is 0.128 e. The largest absolute Gasteiger partial charge is 0.497 e. The van der Waals surface area contributed by atoms with Gasteiger partial charge in [-0.1, -0.05) is 6.92 Å². The quantitative estimate of drug-likeness (QED) is 0.795. The average molecular weight is 281 g/mol. The van der Waals surface area contributed by atoms with Gasteiger partial charge in [0, 0.05) is 24.2 Å². The highest BCUT2D eigenvalue weighted by atomic mass is 16.5. The molecular formula is C16H27NO3. The molecule has 0 heterocycles. The molecule has 0 aromatic heterocycles. The molecule has 1 aromatic carbocycles. The summed E-state index contributed by atoms with van der Waals surface area (Å²) in [6.07, 6.45) is 0.509. The molecule has 1 rings (SSSR count). The summed E-state index contributed by atoms with van der Waals surface area (Å²) in [5.41, 5.74) is 0.801. The summed E-state index contributed by atoms with van der Waals surface area (Å²) in [5.74, 6) is 1.39. The summed E-state index contributed by atoms with van der Waals surface area (Å²) in [6.45, 7) is 8.03. The number of benzene rings is 1. The number of hydrogen-bond donors (Lipinski definition) is 1. The lowest BCUT2D eigenvalue weighted by molar-refractivity contribution is 0.0935. The van der Waals surface area contributed by atoms with Crippen LogP contribution in [0.3, 0.4) is 0 Å². The van der Waals surface area contributed by atoms with Crippen molar-refractivity contribution in [3.63, 3.8) is 0 Å². The first-order valence-electron chi connectivity index (χ1n) is 7.17. The first kappa shape index (κ1) is 16.8. The van der Waals surface area contributed by atoms with Crippen LogP contribution in [0.2, 0.25) is 0 Å². The van der Waals surface area contributed by atoms with Crippen molar-refractivity contribution in [2.24, 2.45) is 0 Å². The zero-order valence-corrected chi connectivity index (χ0v) is 13.2. The molecule has 0 saturated heterocycles. The van der Waals surface area contributed by atoms with E-state index in [9.17, 15) is 5.11 Å². The molecule has 114 valence electrons. The highest BCUT2D eigenvalue weighted by Gasteiger charge is 2.19. The standard InChI is InChI=1S/C16H27NO3/c1-6-9-17(12(2)3)11-15(18)14-8-7-13(19-4)10-16(14)20-5/h7-8,10,12,15,18H,6,9,11H2,1-5H3. The van der Waals surface area contributed by atoms with E-state index in [0.717, 1.165) is 24.3 Å². The van der Waals surface area contributed by atoms with Crippen molar-refractivity contribution in [2.75, 3.05) is 27.3 Å². The van der Waals surface area contributed by atoms with Crippen LogP contribution < -0.4 is 9.47 Å². The topological polar surface area (TPSA) is 41.9 Å². The van der Waals surface area contributed by atoms with Crippen molar-refractivity contribution in [1.82, 2.24) is 4.90 Å². The van der Waals surface area contributed by atoms with Crippen LogP contribution in [-0.2, 0) is 0 Å². The number of methoxy groups -OCH3 is 2. The van der Waals surface area contributed by atoms with Crippen molar-refractivity contribution in [1.29, 1.82) is 0 Å². The number of aliphatic hydroxyl groups is 1. The fourth-order valence-corrected chi connectivity index (χ4v) is 2.26. The SMILES string of the molecule is CCCN(CC(O)c1ccc(OC)cc1OC)C(C)C. The van der Waals surface area contributed by atoms with E-state index in [-0.39, 0.29) is 0 Å². The lowest BCUT2D eigenvalue weighted by Crippen LogP contribution is -2.35. The second-order valence-electron chi connectivity index (χ2n) is 5.21. The third kappa shape index (κ3) is 4.39. The van der Waals surface area contributed by atoms with Gasteiger partial charge in [-0.3, -0.25) is 4.90 Å². The van der Waals surface area contributed by atoms with Crippen LogP contribution >= 0.6 is 0 Å². The number of nitrogens with zero attached hydrogens (tertiary/aromatic N) is 1. The van der Waals surface area contributed by atoms with E-state index in [4.69, 9.17) is 9.47 Å². The third-order valence-corrected chi connectivity index (χ3v) is 3.45. The van der Waals surface area contributed by atoms with Crippen LogP contribution in [0.15, 0.2) is 18.2 Å². The van der Waals surface area contributed by atoms with Gasteiger partial charge in [0.15, 0.2) is 0 Å². The summed E-state index contributed by atoms with van der Waals surface area (Å²) >= 11 is 0. The molecule has 20 heavy (non-hydrogen) atoms. The van der Waals surface area contributed by atoms with Gasteiger partial charge >= 0.3 is 0 Å². The Labute approximate surface area is 122 Å². The van der Waals surface area contributed by atoms with Crippen LogP contribution in [0.1, 0.15) is 38.9 Å². The fraction of sp³-hybridized carbons (Fsp3) is 0.625. The highest BCUT2D eigenvalue weighted by molar-refractivity contribution is 5.42. The lowest BCUT2D eigenvalue weighted by atomic mass is 10.1. The van der Waals surface area contributed by atoms with Gasteiger partial charge in [-0.25, -0.2) is 0 Å². The maximum atomic E-state index is 10.5. The summed E-state index contributed by atoms with van der Waals surface area (Å²) < 4.78 is 10.5. The van der Waals surface area contributed by atoms with Crippen LogP contribution in [0.4, 0.5) is 0 Å². The minimum atomic E-state index is -0.565. The Bertz CT molecular complexity index is 407. The second kappa shape index (κ2) is 8.12. The predicted molar refractivity (Wildman–Crippen MR) is 81.5 cm³/mol. The molecule has 1 unspecified atom stereocenters. The molecule has 4 heteroatoms. The van der Waals surface area contributed by atoms with Gasteiger partial charge in [-0.2, -0.15) is 0 Å². The molecule has 0 bridgehead atoms. The summed E-state index contributed by atoms with van der Waals surface area (Å²) in [4.78, 5) is 2.27. The predicted octanol–water partition coefficient (Wildman–Crippen LogP) is 2.86. The van der Waals surface area contributed by atoms with Gasteiger partial charge < -0.3 is 14.6 Å². The molecule has 0 aliphatic heterocycles. The first-order valence-corrected chi connectivity index (χ1v) is 7.17. The van der Waals surface area contributed by atoms with Crippen molar-refractivity contribution < 1.29 is 14.6 Å². The Morgan fingerprint density at radius 1 is 1.20 bits per heavy atom. The van der Waals surface area contributed by atoms with Gasteiger partial charge in [-0.15, -0.1) is 0 Å². The van der Waals surface area contributed by atoms with Gasteiger partial charge in [0.25, 0.3) is 0 Å².